The van der Waals surface area contributed by atoms with E-state index in [0.717, 1.165) is 5.56 Å². The van der Waals surface area contributed by atoms with Crippen molar-refractivity contribution in [2.45, 2.75) is 25.8 Å². The lowest BCUT2D eigenvalue weighted by Crippen LogP contribution is -2.36. The zero-order valence-corrected chi connectivity index (χ0v) is 18.6. The number of nitrogens with zero attached hydrogens (tertiary/aromatic N) is 1. The van der Waals surface area contributed by atoms with E-state index in [1.807, 2.05) is 12.1 Å². The number of methoxy groups -OCH3 is 3. The van der Waals surface area contributed by atoms with E-state index in [1.54, 1.807) is 38.5 Å². The van der Waals surface area contributed by atoms with Crippen molar-refractivity contribution in [2.75, 3.05) is 38.5 Å². The van der Waals surface area contributed by atoms with Gasteiger partial charge in [0.15, 0.2) is 11.5 Å². The largest absolute Gasteiger partial charge is 0.495 e. The number of amides is 3. The molecule has 9 heteroatoms. The molecule has 1 aliphatic heterocycles. The van der Waals surface area contributed by atoms with Gasteiger partial charge in [0.1, 0.15) is 11.8 Å². The molecular weight excluding hydrogens is 414 g/mol. The minimum absolute atomic E-state index is 0.0400. The van der Waals surface area contributed by atoms with Gasteiger partial charge in [0, 0.05) is 19.2 Å². The zero-order chi connectivity index (χ0) is 23.3. The zero-order valence-electron chi connectivity index (χ0n) is 18.6. The molecule has 1 heterocycles. The molecule has 0 radical (unpaired) electrons. The molecule has 1 fully saturated rings. The summed E-state index contributed by atoms with van der Waals surface area (Å²) in [6, 6.07) is 9.84. The van der Waals surface area contributed by atoms with Gasteiger partial charge in [0.25, 0.3) is 5.91 Å². The second kappa shape index (κ2) is 10.0. The van der Waals surface area contributed by atoms with Gasteiger partial charge in [-0.3, -0.25) is 19.3 Å². The van der Waals surface area contributed by atoms with Crippen LogP contribution in [0.4, 0.5) is 11.4 Å². The summed E-state index contributed by atoms with van der Waals surface area (Å²) in [6.07, 6.45) is 0.532. The molecule has 0 bridgehead atoms. The molecule has 32 heavy (non-hydrogen) atoms. The van der Waals surface area contributed by atoms with Gasteiger partial charge < -0.3 is 24.8 Å². The monoisotopic (exact) mass is 441 g/mol. The fourth-order valence-corrected chi connectivity index (χ4v) is 3.60. The van der Waals surface area contributed by atoms with E-state index >= 15 is 0 Å². The highest BCUT2D eigenvalue weighted by Gasteiger charge is 2.38. The number of imide groups is 1. The maximum atomic E-state index is 12.9. The van der Waals surface area contributed by atoms with Crippen molar-refractivity contribution in [3.63, 3.8) is 0 Å². The Hall–Kier alpha value is -3.75. The van der Waals surface area contributed by atoms with Crippen LogP contribution in [0, 0.1) is 0 Å². The molecule has 3 rings (SSSR count). The van der Waals surface area contributed by atoms with Gasteiger partial charge in [0.2, 0.25) is 11.8 Å². The Morgan fingerprint density at radius 1 is 1.00 bits per heavy atom. The minimum Gasteiger partial charge on any atom is -0.495 e. The Balaban J connectivity index is 1.69. The van der Waals surface area contributed by atoms with Crippen LogP contribution >= 0.6 is 0 Å². The van der Waals surface area contributed by atoms with E-state index in [2.05, 4.69) is 10.6 Å². The average molecular weight is 441 g/mol. The van der Waals surface area contributed by atoms with E-state index < -0.39 is 6.04 Å². The number of ether oxygens (including phenoxy) is 3. The summed E-state index contributed by atoms with van der Waals surface area (Å²) in [5, 5.41) is 5.78. The van der Waals surface area contributed by atoms with Crippen molar-refractivity contribution < 1.29 is 28.6 Å². The third-order valence-corrected chi connectivity index (χ3v) is 5.17. The smallest absolute Gasteiger partial charge is 0.252 e. The van der Waals surface area contributed by atoms with Gasteiger partial charge in [-0.05, 0) is 42.3 Å². The van der Waals surface area contributed by atoms with Crippen molar-refractivity contribution in [3.05, 3.63) is 42.0 Å². The summed E-state index contributed by atoms with van der Waals surface area (Å²) >= 11 is 0. The number of nitrogens with one attached hydrogen (secondary N) is 2. The Kier molecular flexibility index (Phi) is 7.19. The van der Waals surface area contributed by atoms with Gasteiger partial charge >= 0.3 is 0 Å². The second-order valence-electron chi connectivity index (χ2n) is 7.32. The molecule has 2 aromatic rings. The molecule has 1 saturated heterocycles. The maximum absolute atomic E-state index is 12.9. The quantitative estimate of drug-likeness (QED) is 0.576. The normalized spacial score (nSPS) is 15.5. The lowest BCUT2D eigenvalue weighted by atomic mass is 10.1. The van der Waals surface area contributed by atoms with Crippen molar-refractivity contribution in [2.24, 2.45) is 0 Å². The number of hydrogen-bond acceptors (Lipinski definition) is 7. The molecule has 170 valence electrons. The first kappa shape index (κ1) is 22.9. The lowest BCUT2D eigenvalue weighted by Gasteiger charge is -2.18. The van der Waals surface area contributed by atoms with Gasteiger partial charge in [-0.2, -0.15) is 0 Å². The molecule has 1 atom stereocenters. The highest BCUT2D eigenvalue weighted by Crippen LogP contribution is 2.31. The number of hydrogen-bond donors (Lipinski definition) is 2. The van der Waals surface area contributed by atoms with Crippen LogP contribution in [0.3, 0.4) is 0 Å². The van der Waals surface area contributed by atoms with Crippen LogP contribution in [0.5, 0.6) is 17.2 Å². The van der Waals surface area contributed by atoms with Crippen molar-refractivity contribution in [1.29, 1.82) is 0 Å². The van der Waals surface area contributed by atoms with Crippen LogP contribution in [0.15, 0.2) is 36.4 Å². The van der Waals surface area contributed by atoms with Crippen LogP contribution in [0.25, 0.3) is 0 Å². The fraction of sp³-hybridized carbons (Fsp3) is 0.348. The van der Waals surface area contributed by atoms with Crippen molar-refractivity contribution >= 4 is 29.1 Å². The van der Waals surface area contributed by atoms with Crippen LogP contribution in [0.1, 0.15) is 18.9 Å². The van der Waals surface area contributed by atoms with Crippen molar-refractivity contribution in [1.82, 2.24) is 4.90 Å². The summed E-state index contributed by atoms with van der Waals surface area (Å²) < 4.78 is 15.9. The van der Waals surface area contributed by atoms with Gasteiger partial charge in [-0.15, -0.1) is 0 Å². The fourth-order valence-electron chi connectivity index (χ4n) is 3.60. The number of anilines is 2. The molecule has 1 unspecified atom stereocenters. The summed E-state index contributed by atoms with van der Waals surface area (Å²) in [5.74, 6) is 0.948. The lowest BCUT2D eigenvalue weighted by molar-refractivity contribution is -0.138. The summed E-state index contributed by atoms with van der Waals surface area (Å²) in [6.45, 7) is 1.67. The molecule has 3 amide bonds. The molecule has 0 saturated carbocycles. The Morgan fingerprint density at radius 3 is 2.34 bits per heavy atom. The molecule has 0 aliphatic carbocycles. The van der Waals surface area contributed by atoms with Gasteiger partial charge in [-0.1, -0.05) is 6.07 Å². The van der Waals surface area contributed by atoms with Crippen LogP contribution in [0.2, 0.25) is 0 Å². The van der Waals surface area contributed by atoms with E-state index in [1.165, 1.54) is 18.9 Å². The molecule has 2 N–H and O–H groups in total. The molecule has 1 aliphatic rings. The topological polar surface area (TPSA) is 106 Å². The molecular formula is C23H27N3O6. The van der Waals surface area contributed by atoms with Crippen LogP contribution in [-0.2, 0) is 20.8 Å². The average Bonchev–Trinajstić information content (AvgIpc) is 3.04. The number of likely N-dealkylation sites (tertiary alicyclic amines) is 1. The second-order valence-corrected chi connectivity index (χ2v) is 7.32. The number of carbonyl (C=O) groups excluding carboxylic acids is 3. The first-order valence-electron chi connectivity index (χ1n) is 10.1. The Labute approximate surface area is 186 Å². The molecule has 0 spiro atoms. The highest BCUT2D eigenvalue weighted by molar-refractivity contribution is 6.07. The number of carbonyl (C=O) groups is 3. The molecule has 2 aromatic carbocycles. The van der Waals surface area contributed by atoms with E-state index in [9.17, 15) is 14.4 Å². The first-order chi connectivity index (χ1) is 15.4. The SMILES string of the molecule is COc1ccc(NC(C)=O)cc1NC1CC(=O)N(CCc2ccc(OC)c(OC)c2)C1=O. The van der Waals surface area contributed by atoms with E-state index in [0.29, 0.717) is 35.0 Å². The van der Waals surface area contributed by atoms with Gasteiger partial charge in [0.05, 0.1) is 33.4 Å². The summed E-state index contributed by atoms with van der Waals surface area (Å²) in [7, 11) is 4.63. The predicted octanol–water partition coefficient (Wildman–Crippen LogP) is 2.45. The summed E-state index contributed by atoms with van der Waals surface area (Å²) in [4.78, 5) is 38.0. The van der Waals surface area contributed by atoms with Gasteiger partial charge in [-0.25, -0.2) is 0 Å². The predicted molar refractivity (Wildman–Crippen MR) is 119 cm³/mol. The number of rotatable bonds is 9. The highest BCUT2D eigenvalue weighted by atomic mass is 16.5. The Bertz CT molecular complexity index is 1020. The molecule has 0 aromatic heterocycles. The van der Waals surface area contributed by atoms with Crippen LogP contribution in [-0.4, -0.2) is 56.5 Å². The Morgan fingerprint density at radius 2 is 1.69 bits per heavy atom. The third-order valence-electron chi connectivity index (χ3n) is 5.17. The third kappa shape index (κ3) is 5.11. The first-order valence-corrected chi connectivity index (χ1v) is 10.1. The summed E-state index contributed by atoms with van der Waals surface area (Å²) in [5.41, 5.74) is 2.00. The minimum atomic E-state index is -0.714. The molecule has 9 nitrogen and oxygen atoms in total. The van der Waals surface area contributed by atoms with E-state index in [4.69, 9.17) is 14.2 Å². The van der Waals surface area contributed by atoms with Crippen molar-refractivity contribution in [3.8, 4) is 17.2 Å². The van der Waals surface area contributed by atoms with E-state index in [-0.39, 0.29) is 30.7 Å². The number of benzene rings is 2. The standard InChI is InChI=1S/C23H27N3O6/c1-14(27)24-16-6-8-19(30-2)17(12-16)25-18-13-22(28)26(23(18)29)10-9-15-5-7-20(31-3)21(11-15)32-4/h5-8,11-12,18,25H,9-10,13H2,1-4H3,(H,24,27). The maximum Gasteiger partial charge on any atom is 0.252 e. The van der Waals surface area contributed by atoms with Crippen LogP contribution < -0.4 is 24.8 Å².